The molecule has 1 amide bonds. The summed E-state index contributed by atoms with van der Waals surface area (Å²) in [5.41, 5.74) is 4.82. The lowest BCUT2D eigenvalue weighted by Gasteiger charge is -2.25. The van der Waals surface area contributed by atoms with Crippen LogP contribution in [0.3, 0.4) is 0 Å². The Bertz CT molecular complexity index is 649. The number of primary amides is 1. The number of aromatic nitrogens is 2. The van der Waals surface area contributed by atoms with Crippen LogP contribution in [0.1, 0.15) is 25.1 Å². The lowest BCUT2D eigenvalue weighted by atomic mass is 10.0. The van der Waals surface area contributed by atoms with E-state index >= 15 is 0 Å². The quantitative estimate of drug-likeness (QED) is 0.785. The third-order valence-corrected chi connectivity index (χ3v) is 3.76. The second-order valence-electron chi connectivity index (χ2n) is 5.37. The molecule has 7 heteroatoms. The van der Waals surface area contributed by atoms with Gasteiger partial charge in [-0.15, -0.1) is 11.3 Å². The molecule has 0 spiro atoms. The van der Waals surface area contributed by atoms with Crippen molar-refractivity contribution in [2.75, 3.05) is 17.7 Å². The standard InChI is InChI=1S/C13H19N5OS/c1-7-5-8-10(18-13(2,3)6-9(14)19)16-12(15-4)17-11(8)20-7/h5H,6H2,1-4H3,(H2,14,19)(H2,15,16,17,18). The highest BCUT2D eigenvalue weighted by molar-refractivity contribution is 7.18. The van der Waals surface area contributed by atoms with Crippen LogP contribution in [0.25, 0.3) is 10.2 Å². The maximum atomic E-state index is 11.1. The SMILES string of the molecule is CNc1nc(NC(C)(C)CC(N)=O)c2cc(C)sc2n1. The summed E-state index contributed by atoms with van der Waals surface area (Å²) in [5, 5.41) is 7.21. The molecule has 0 aliphatic rings. The van der Waals surface area contributed by atoms with Crippen molar-refractivity contribution >= 4 is 39.2 Å². The van der Waals surface area contributed by atoms with E-state index in [1.165, 1.54) is 4.88 Å². The number of nitrogens with one attached hydrogen (secondary N) is 2. The molecule has 108 valence electrons. The van der Waals surface area contributed by atoms with Gasteiger partial charge in [-0.05, 0) is 26.8 Å². The van der Waals surface area contributed by atoms with Crippen molar-refractivity contribution in [1.82, 2.24) is 9.97 Å². The molecule has 0 saturated heterocycles. The van der Waals surface area contributed by atoms with Crippen LogP contribution in [0.2, 0.25) is 0 Å². The van der Waals surface area contributed by atoms with Gasteiger partial charge in [0.05, 0.1) is 5.39 Å². The minimum atomic E-state index is -0.464. The smallest absolute Gasteiger partial charge is 0.225 e. The van der Waals surface area contributed by atoms with Crippen molar-refractivity contribution in [3.8, 4) is 0 Å². The second kappa shape index (κ2) is 5.24. The highest BCUT2D eigenvalue weighted by Gasteiger charge is 2.23. The summed E-state index contributed by atoms with van der Waals surface area (Å²) in [5.74, 6) is 0.926. The normalized spacial score (nSPS) is 11.6. The Morgan fingerprint density at radius 3 is 2.75 bits per heavy atom. The van der Waals surface area contributed by atoms with Gasteiger partial charge < -0.3 is 16.4 Å². The van der Waals surface area contributed by atoms with E-state index in [9.17, 15) is 4.79 Å². The molecule has 0 radical (unpaired) electrons. The first-order valence-electron chi connectivity index (χ1n) is 6.33. The van der Waals surface area contributed by atoms with Gasteiger partial charge in [-0.2, -0.15) is 4.98 Å². The Kier molecular flexibility index (Phi) is 3.80. The number of aryl methyl sites for hydroxylation is 1. The number of carbonyl (C=O) groups is 1. The van der Waals surface area contributed by atoms with Gasteiger partial charge in [0.15, 0.2) is 0 Å². The molecule has 0 aliphatic carbocycles. The second-order valence-corrected chi connectivity index (χ2v) is 6.61. The zero-order valence-corrected chi connectivity index (χ0v) is 12.9. The molecule has 0 atom stereocenters. The summed E-state index contributed by atoms with van der Waals surface area (Å²) in [6.07, 6.45) is 0.233. The van der Waals surface area contributed by atoms with Crippen molar-refractivity contribution < 1.29 is 4.79 Å². The molecular formula is C13H19N5OS. The van der Waals surface area contributed by atoms with E-state index < -0.39 is 5.54 Å². The zero-order chi connectivity index (χ0) is 14.9. The van der Waals surface area contributed by atoms with Crippen molar-refractivity contribution in [3.63, 3.8) is 0 Å². The number of hydrogen-bond donors (Lipinski definition) is 3. The number of hydrogen-bond acceptors (Lipinski definition) is 6. The topological polar surface area (TPSA) is 92.9 Å². The van der Waals surface area contributed by atoms with Gasteiger partial charge >= 0.3 is 0 Å². The first kappa shape index (κ1) is 14.5. The third kappa shape index (κ3) is 3.16. The molecule has 2 heterocycles. The Morgan fingerprint density at radius 2 is 2.15 bits per heavy atom. The molecule has 20 heavy (non-hydrogen) atoms. The van der Waals surface area contributed by atoms with Gasteiger partial charge in [-0.25, -0.2) is 4.98 Å². The van der Waals surface area contributed by atoms with E-state index in [4.69, 9.17) is 5.73 Å². The number of amides is 1. The van der Waals surface area contributed by atoms with Crippen LogP contribution in [-0.4, -0.2) is 28.5 Å². The molecule has 6 nitrogen and oxygen atoms in total. The maximum Gasteiger partial charge on any atom is 0.225 e. The average Bonchev–Trinajstić information content (AvgIpc) is 2.67. The summed E-state index contributed by atoms with van der Waals surface area (Å²) < 4.78 is 0. The number of nitrogens with two attached hydrogens (primary N) is 1. The Balaban J connectivity index is 2.44. The Labute approximate surface area is 121 Å². The molecule has 2 aromatic heterocycles. The fourth-order valence-corrected chi connectivity index (χ4v) is 2.93. The summed E-state index contributed by atoms with van der Waals surface area (Å²) in [6.45, 7) is 5.87. The largest absolute Gasteiger partial charge is 0.370 e. The predicted molar refractivity (Wildman–Crippen MR) is 83.2 cm³/mol. The molecule has 0 fully saturated rings. The summed E-state index contributed by atoms with van der Waals surface area (Å²) in [6, 6.07) is 2.04. The summed E-state index contributed by atoms with van der Waals surface area (Å²) in [7, 11) is 1.78. The number of nitrogens with zero attached hydrogens (tertiary/aromatic N) is 2. The van der Waals surface area contributed by atoms with E-state index in [2.05, 4.69) is 20.6 Å². The van der Waals surface area contributed by atoms with Gasteiger partial charge in [0.2, 0.25) is 11.9 Å². The monoisotopic (exact) mass is 293 g/mol. The molecule has 0 saturated carbocycles. The zero-order valence-electron chi connectivity index (χ0n) is 12.1. The van der Waals surface area contributed by atoms with Gasteiger partial charge in [0.25, 0.3) is 0 Å². The van der Waals surface area contributed by atoms with Crippen molar-refractivity contribution in [3.05, 3.63) is 10.9 Å². The third-order valence-electron chi connectivity index (χ3n) is 2.81. The molecule has 0 aliphatic heterocycles. The average molecular weight is 293 g/mol. The predicted octanol–water partition coefficient (Wildman–Crippen LogP) is 2.11. The first-order valence-corrected chi connectivity index (χ1v) is 7.15. The molecule has 2 rings (SSSR count). The van der Waals surface area contributed by atoms with E-state index in [0.29, 0.717) is 5.95 Å². The molecule has 0 unspecified atom stereocenters. The lowest BCUT2D eigenvalue weighted by molar-refractivity contribution is -0.118. The summed E-state index contributed by atoms with van der Waals surface area (Å²) >= 11 is 1.61. The van der Waals surface area contributed by atoms with Crippen LogP contribution in [0, 0.1) is 6.92 Å². The van der Waals surface area contributed by atoms with E-state index in [1.54, 1.807) is 18.4 Å². The van der Waals surface area contributed by atoms with Crippen LogP contribution < -0.4 is 16.4 Å². The number of carbonyl (C=O) groups excluding carboxylic acids is 1. The molecule has 2 aromatic rings. The number of thiophene rings is 1. The molecular weight excluding hydrogens is 274 g/mol. The van der Waals surface area contributed by atoms with E-state index in [1.807, 2.05) is 26.8 Å². The van der Waals surface area contributed by atoms with Crippen molar-refractivity contribution in [1.29, 1.82) is 0 Å². The Morgan fingerprint density at radius 1 is 1.45 bits per heavy atom. The van der Waals surface area contributed by atoms with Gasteiger partial charge in [-0.3, -0.25) is 4.79 Å². The molecule has 0 aromatic carbocycles. The van der Waals surface area contributed by atoms with Crippen LogP contribution in [0.4, 0.5) is 11.8 Å². The Hall–Kier alpha value is -1.89. The fourth-order valence-electron chi connectivity index (χ4n) is 2.05. The number of fused-ring (bicyclic) bond motifs is 1. The van der Waals surface area contributed by atoms with Crippen molar-refractivity contribution in [2.24, 2.45) is 5.73 Å². The summed E-state index contributed by atoms with van der Waals surface area (Å²) in [4.78, 5) is 22.1. The first-order chi connectivity index (χ1) is 9.30. The van der Waals surface area contributed by atoms with Crippen LogP contribution in [-0.2, 0) is 4.79 Å². The molecule has 0 bridgehead atoms. The van der Waals surface area contributed by atoms with Crippen LogP contribution >= 0.6 is 11.3 Å². The van der Waals surface area contributed by atoms with E-state index in [0.717, 1.165) is 16.0 Å². The number of anilines is 2. The fraction of sp³-hybridized carbons (Fsp3) is 0.462. The van der Waals surface area contributed by atoms with Gasteiger partial charge in [0, 0.05) is 23.9 Å². The highest BCUT2D eigenvalue weighted by atomic mass is 32.1. The lowest BCUT2D eigenvalue weighted by Crippen LogP contribution is -2.36. The highest BCUT2D eigenvalue weighted by Crippen LogP contribution is 2.31. The van der Waals surface area contributed by atoms with E-state index in [-0.39, 0.29) is 12.3 Å². The van der Waals surface area contributed by atoms with Gasteiger partial charge in [0.1, 0.15) is 10.6 Å². The van der Waals surface area contributed by atoms with Crippen molar-refractivity contribution in [2.45, 2.75) is 32.7 Å². The maximum absolute atomic E-state index is 11.1. The van der Waals surface area contributed by atoms with Crippen LogP contribution in [0.5, 0.6) is 0 Å². The van der Waals surface area contributed by atoms with Gasteiger partial charge in [-0.1, -0.05) is 0 Å². The van der Waals surface area contributed by atoms with Crippen LogP contribution in [0.15, 0.2) is 6.07 Å². The minimum Gasteiger partial charge on any atom is -0.370 e. The number of rotatable bonds is 5. The molecule has 4 N–H and O–H groups in total. The minimum absolute atomic E-state index is 0.233.